The molecule has 8 heteroatoms. The van der Waals surface area contributed by atoms with Gasteiger partial charge in [0.05, 0.1) is 18.3 Å². The predicted molar refractivity (Wildman–Crippen MR) is 138 cm³/mol. The lowest BCUT2D eigenvalue weighted by Crippen LogP contribution is -2.34. The molecule has 0 aliphatic rings. The lowest BCUT2D eigenvalue weighted by molar-refractivity contribution is -0.120. The van der Waals surface area contributed by atoms with Gasteiger partial charge in [-0.3, -0.25) is 9.59 Å². The minimum absolute atomic E-state index is 0.217. The summed E-state index contributed by atoms with van der Waals surface area (Å²) in [6.07, 6.45) is 1.45. The van der Waals surface area contributed by atoms with Crippen LogP contribution in [0.1, 0.15) is 26.3 Å². The smallest absolute Gasteiger partial charge is 0.344 e. The number of carbonyl (C=O) groups is 3. The Hall–Kier alpha value is -4.30. The van der Waals surface area contributed by atoms with E-state index in [-0.39, 0.29) is 12.5 Å². The van der Waals surface area contributed by atoms with Crippen LogP contribution in [0, 0.1) is 0 Å². The van der Waals surface area contributed by atoms with Gasteiger partial charge in [0.25, 0.3) is 11.8 Å². The SMILES string of the molecule is O=C(CNC(=O)c1cccc(Br)c1)NN=Cc1ccc(OC(=O)c2cccc3ccccc23)cc1. The van der Waals surface area contributed by atoms with Gasteiger partial charge in [-0.2, -0.15) is 5.10 Å². The van der Waals surface area contributed by atoms with Crippen LogP contribution in [0.15, 0.2) is 101 Å². The Balaban J connectivity index is 1.28. The zero-order valence-corrected chi connectivity index (χ0v) is 20.0. The van der Waals surface area contributed by atoms with E-state index in [4.69, 9.17) is 4.74 Å². The third-order valence-electron chi connectivity index (χ3n) is 5.00. The maximum atomic E-state index is 12.6. The van der Waals surface area contributed by atoms with Gasteiger partial charge < -0.3 is 10.1 Å². The molecule has 0 spiro atoms. The minimum atomic E-state index is -0.467. The van der Waals surface area contributed by atoms with Gasteiger partial charge in [-0.25, -0.2) is 10.2 Å². The normalized spacial score (nSPS) is 10.8. The second-order valence-corrected chi connectivity index (χ2v) is 8.39. The highest BCUT2D eigenvalue weighted by atomic mass is 79.9. The molecule has 0 aliphatic carbocycles. The Labute approximate surface area is 209 Å². The van der Waals surface area contributed by atoms with E-state index < -0.39 is 11.9 Å². The van der Waals surface area contributed by atoms with Crippen molar-refractivity contribution in [3.63, 3.8) is 0 Å². The molecule has 0 heterocycles. The number of ether oxygens (including phenoxy) is 1. The van der Waals surface area contributed by atoms with Gasteiger partial charge in [0.2, 0.25) is 0 Å². The molecule has 35 heavy (non-hydrogen) atoms. The molecule has 0 atom stereocenters. The molecule has 0 fully saturated rings. The number of halogens is 1. The summed E-state index contributed by atoms with van der Waals surface area (Å²) in [5.41, 5.74) is 3.98. The molecule has 174 valence electrons. The first-order valence-corrected chi connectivity index (χ1v) is 11.4. The highest BCUT2D eigenvalue weighted by molar-refractivity contribution is 9.10. The van der Waals surface area contributed by atoms with Gasteiger partial charge in [0.1, 0.15) is 5.75 Å². The minimum Gasteiger partial charge on any atom is -0.423 e. The van der Waals surface area contributed by atoms with Crippen molar-refractivity contribution in [2.75, 3.05) is 6.54 Å². The number of benzene rings is 4. The zero-order chi connectivity index (χ0) is 24.6. The topological polar surface area (TPSA) is 96.9 Å². The van der Waals surface area contributed by atoms with E-state index in [9.17, 15) is 14.4 Å². The predicted octanol–water partition coefficient (Wildman–Crippen LogP) is 4.70. The van der Waals surface area contributed by atoms with E-state index in [0.29, 0.717) is 22.4 Å². The number of esters is 1. The number of hydrogen-bond donors (Lipinski definition) is 2. The van der Waals surface area contributed by atoms with E-state index in [1.54, 1.807) is 54.6 Å². The van der Waals surface area contributed by atoms with E-state index in [0.717, 1.165) is 15.2 Å². The lowest BCUT2D eigenvalue weighted by atomic mass is 10.0. The van der Waals surface area contributed by atoms with Crippen molar-refractivity contribution in [3.8, 4) is 5.75 Å². The standard InChI is InChI=1S/C27H20BrN3O4/c28-21-8-3-7-20(15-21)26(33)29-17-25(32)31-30-16-18-11-13-22(14-12-18)35-27(34)24-10-4-6-19-5-1-2-9-23(19)24/h1-16H,17H2,(H,29,33)(H,31,32). The quantitative estimate of drug-likeness (QED) is 0.157. The molecule has 0 aromatic heterocycles. The van der Waals surface area contributed by atoms with Crippen LogP contribution in [0.4, 0.5) is 0 Å². The number of hydrazone groups is 1. The Morgan fingerprint density at radius 1 is 0.886 bits per heavy atom. The van der Waals surface area contributed by atoms with Gasteiger partial charge >= 0.3 is 5.97 Å². The van der Waals surface area contributed by atoms with Crippen molar-refractivity contribution in [2.24, 2.45) is 5.10 Å². The summed E-state index contributed by atoms with van der Waals surface area (Å²) in [5, 5.41) is 8.21. The second kappa shape index (κ2) is 11.2. The van der Waals surface area contributed by atoms with Crippen LogP contribution in [0.2, 0.25) is 0 Å². The Kier molecular flexibility index (Phi) is 7.64. The number of rotatable bonds is 7. The van der Waals surface area contributed by atoms with Crippen LogP contribution in [0.25, 0.3) is 10.8 Å². The molecular formula is C27H20BrN3O4. The maximum absolute atomic E-state index is 12.6. The number of nitrogens with zero attached hydrogens (tertiary/aromatic N) is 1. The fourth-order valence-corrected chi connectivity index (χ4v) is 3.70. The first-order valence-electron chi connectivity index (χ1n) is 10.7. The molecule has 0 saturated heterocycles. The molecule has 0 unspecified atom stereocenters. The van der Waals surface area contributed by atoms with E-state index in [1.165, 1.54) is 6.21 Å². The second-order valence-electron chi connectivity index (χ2n) is 7.47. The number of carbonyl (C=O) groups excluding carboxylic acids is 3. The molecule has 2 N–H and O–H groups in total. The molecule has 4 rings (SSSR count). The molecule has 0 bridgehead atoms. The zero-order valence-electron chi connectivity index (χ0n) is 18.4. The number of amides is 2. The van der Waals surface area contributed by atoms with Gasteiger partial charge in [-0.1, -0.05) is 58.4 Å². The third kappa shape index (κ3) is 6.39. The van der Waals surface area contributed by atoms with Crippen LogP contribution in [0.5, 0.6) is 5.75 Å². The van der Waals surface area contributed by atoms with Crippen LogP contribution in [-0.4, -0.2) is 30.5 Å². The van der Waals surface area contributed by atoms with E-state index >= 15 is 0 Å². The third-order valence-corrected chi connectivity index (χ3v) is 5.49. The van der Waals surface area contributed by atoms with Crippen molar-refractivity contribution >= 4 is 50.7 Å². The molecule has 0 aliphatic heterocycles. The summed E-state index contributed by atoms with van der Waals surface area (Å²) < 4.78 is 6.28. The first-order chi connectivity index (χ1) is 17.0. The monoisotopic (exact) mass is 529 g/mol. The van der Waals surface area contributed by atoms with Crippen LogP contribution in [-0.2, 0) is 4.79 Å². The Morgan fingerprint density at radius 2 is 1.63 bits per heavy atom. The van der Waals surface area contributed by atoms with Gasteiger partial charge in [0.15, 0.2) is 0 Å². The molecule has 0 radical (unpaired) electrons. The Morgan fingerprint density at radius 3 is 2.43 bits per heavy atom. The molecule has 7 nitrogen and oxygen atoms in total. The number of hydrogen-bond acceptors (Lipinski definition) is 5. The van der Waals surface area contributed by atoms with Gasteiger partial charge in [-0.05, 0) is 64.9 Å². The highest BCUT2D eigenvalue weighted by Gasteiger charge is 2.12. The summed E-state index contributed by atoms with van der Waals surface area (Å²) >= 11 is 3.30. The molecule has 2 amide bonds. The lowest BCUT2D eigenvalue weighted by Gasteiger charge is -2.07. The Bertz CT molecular complexity index is 1410. The van der Waals surface area contributed by atoms with Crippen LogP contribution >= 0.6 is 15.9 Å². The van der Waals surface area contributed by atoms with E-state index in [2.05, 4.69) is 31.8 Å². The fourth-order valence-electron chi connectivity index (χ4n) is 3.30. The summed E-state index contributed by atoms with van der Waals surface area (Å²) in [7, 11) is 0. The molecule has 0 saturated carbocycles. The summed E-state index contributed by atoms with van der Waals surface area (Å²) in [6, 6.07) is 26.7. The van der Waals surface area contributed by atoms with Gasteiger partial charge in [-0.15, -0.1) is 0 Å². The summed E-state index contributed by atoms with van der Waals surface area (Å²) in [6.45, 7) is -0.217. The fraction of sp³-hybridized carbons (Fsp3) is 0.0370. The number of nitrogens with one attached hydrogen (secondary N) is 2. The molecular weight excluding hydrogens is 510 g/mol. The van der Waals surface area contributed by atoms with Crippen LogP contribution in [0.3, 0.4) is 0 Å². The average molecular weight is 530 g/mol. The van der Waals surface area contributed by atoms with Crippen LogP contribution < -0.4 is 15.5 Å². The van der Waals surface area contributed by atoms with E-state index in [1.807, 2.05) is 36.4 Å². The summed E-state index contributed by atoms with van der Waals surface area (Å²) in [4.78, 5) is 36.7. The first kappa shape index (κ1) is 23.8. The van der Waals surface area contributed by atoms with Crippen molar-refractivity contribution in [1.82, 2.24) is 10.7 Å². The van der Waals surface area contributed by atoms with Crippen molar-refractivity contribution in [1.29, 1.82) is 0 Å². The van der Waals surface area contributed by atoms with Gasteiger partial charge in [0, 0.05) is 10.0 Å². The largest absolute Gasteiger partial charge is 0.423 e. The summed E-state index contributed by atoms with van der Waals surface area (Å²) in [5.74, 6) is -0.885. The molecule has 4 aromatic carbocycles. The van der Waals surface area contributed by atoms with Crippen molar-refractivity contribution in [3.05, 3.63) is 112 Å². The van der Waals surface area contributed by atoms with Crippen molar-refractivity contribution in [2.45, 2.75) is 0 Å². The highest BCUT2D eigenvalue weighted by Crippen LogP contribution is 2.21. The average Bonchev–Trinajstić information content (AvgIpc) is 2.88. The molecule has 4 aromatic rings. The maximum Gasteiger partial charge on any atom is 0.344 e. The number of fused-ring (bicyclic) bond motifs is 1. The van der Waals surface area contributed by atoms with Crippen molar-refractivity contribution < 1.29 is 19.1 Å².